The van der Waals surface area contributed by atoms with Gasteiger partial charge in [-0.1, -0.05) is 35.7 Å². The fourth-order valence-corrected chi connectivity index (χ4v) is 9.47. The summed E-state index contributed by atoms with van der Waals surface area (Å²) in [6, 6.07) is 3.43. The van der Waals surface area contributed by atoms with Gasteiger partial charge in [0, 0.05) is 37.2 Å². The Labute approximate surface area is 273 Å². The maximum Gasteiger partial charge on any atom is 0.323 e. The van der Waals surface area contributed by atoms with Gasteiger partial charge in [0.25, 0.3) is 17.0 Å². The first-order valence-corrected chi connectivity index (χ1v) is 16.3. The van der Waals surface area contributed by atoms with Gasteiger partial charge in [-0.15, -0.1) is 22.7 Å². The van der Waals surface area contributed by atoms with Crippen molar-refractivity contribution in [3.63, 3.8) is 0 Å². The number of aliphatic carboxylic acids is 2. The Kier molecular flexibility index (Phi) is 8.06. The number of benzene rings is 1. The van der Waals surface area contributed by atoms with E-state index in [4.69, 9.17) is 26.4 Å². The summed E-state index contributed by atoms with van der Waals surface area (Å²) in [5.41, 5.74) is -0.592. The molecule has 2 aromatic heterocycles. The molecule has 0 saturated carbocycles. The second-order valence-corrected chi connectivity index (χ2v) is 14.2. The second kappa shape index (κ2) is 11.7. The van der Waals surface area contributed by atoms with Crippen LogP contribution in [0.1, 0.15) is 0 Å². The number of thiazole rings is 2. The Morgan fingerprint density at radius 2 is 1.69 bits per heavy atom. The average Bonchev–Trinajstić information content (AvgIpc) is 3.78. The number of allylic oxidation sites excluding steroid dienone is 1. The maximum atomic E-state index is 13.6. The molecule has 0 atom stereocenters. The van der Waals surface area contributed by atoms with Crippen molar-refractivity contribution in [2.75, 3.05) is 32.4 Å². The van der Waals surface area contributed by atoms with Crippen LogP contribution in [0.4, 0.5) is 5.69 Å². The van der Waals surface area contributed by atoms with Crippen molar-refractivity contribution in [3.8, 4) is 11.5 Å². The number of ether oxygens (including phenoxy) is 3. The predicted molar refractivity (Wildman–Crippen MR) is 171 cm³/mol. The van der Waals surface area contributed by atoms with Crippen LogP contribution in [0.3, 0.4) is 0 Å². The van der Waals surface area contributed by atoms with Gasteiger partial charge in [-0.05, 0) is 0 Å². The third-order valence-electron chi connectivity index (χ3n) is 6.74. The molecule has 3 aliphatic rings. The number of carbonyl (C=O) groups is 3. The summed E-state index contributed by atoms with van der Waals surface area (Å²) in [4.78, 5) is 66.9. The molecule has 0 aliphatic carbocycles. The molecule has 2 N–H and O–H groups in total. The van der Waals surface area contributed by atoms with Crippen LogP contribution in [0.15, 0.2) is 37.4 Å². The van der Waals surface area contributed by atoms with Crippen LogP contribution in [0.5, 0.6) is 11.5 Å². The van der Waals surface area contributed by atoms with Crippen molar-refractivity contribution in [3.05, 3.63) is 62.0 Å². The normalized spacial score (nSPS) is 19.0. The number of hydrogen-bond donors (Lipinski definition) is 2. The summed E-state index contributed by atoms with van der Waals surface area (Å²) >= 11 is 9.27. The molecule has 6 rings (SSSR count). The Bertz CT molecular complexity index is 2230. The molecule has 1 amide bonds. The summed E-state index contributed by atoms with van der Waals surface area (Å²) in [6.45, 7) is -1.05. The Morgan fingerprint density at radius 1 is 1.00 bits per heavy atom. The van der Waals surface area contributed by atoms with E-state index in [1.54, 1.807) is 12.1 Å². The van der Waals surface area contributed by atoms with Gasteiger partial charge >= 0.3 is 11.9 Å². The van der Waals surface area contributed by atoms with Crippen LogP contribution >= 0.6 is 58.4 Å². The fraction of sp³-hybridized carbons (Fsp3) is 0.231. The lowest BCUT2D eigenvalue weighted by Gasteiger charge is -2.19. The number of thioether (sulfide) groups is 2. The summed E-state index contributed by atoms with van der Waals surface area (Å²) in [6.07, 6.45) is 1.46. The Morgan fingerprint density at radius 3 is 2.31 bits per heavy atom. The molecule has 14 nitrogen and oxygen atoms in total. The molecule has 0 unspecified atom stereocenters. The van der Waals surface area contributed by atoms with E-state index in [9.17, 15) is 34.2 Å². The van der Waals surface area contributed by atoms with Crippen molar-refractivity contribution >= 4 is 97.3 Å². The summed E-state index contributed by atoms with van der Waals surface area (Å²) in [5.74, 6) is -1.67. The third-order valence-corrected chi connectivity index (χ3v) is 12.1. The van der Waals surface area contributed by atoms with E-state index in [-0.39, 0.29) is 40.2 Å². The number of hydrogen-bond acceptors (Lipinski definition) is 14. The van der Waals surface area contributed by atoms with E-state index < -0.39 is 42.1 Å². The first-order chi connectivity index (χ1) is 21.4. The molecule has 19 heteroatoms. The monoisotopic (exact) mass is 708 g/mol. The first-order valence-electron chi connectivity index (χ1n) is 12.7. The van der Waals surface area contributed by atoms with Crippen molar-refractivity contribution < 1.29 is 38.8 Å². The van der Waals surface area contributed by atoms with E-state index in [1.807, 2.05) is 0 Å². The molecule has 45 heavy (non-hydrogen) atoms. The minimum Gasteiger partial charge on any atom is -0.494 e. The third kappa shape index (κ3) is 5.33. The summed E-state index contributed by atoms with van der Waals surface area (Å²) < 4.78 is 19.7. The number of amides is 1. The minimum absolute atomic E-state index is 0.0533. The molecule has 1 aromatic carbocycles. The molecule has 234 valence electrons. The minimum atomic E-state index is -1.29. The smallest absolute Gasteiger partial charge is 0.323 e. The molecular formula is C26H20N4O10S5. The highest BCUT2D eigenvalue weighted by molar-refractivity contribution is 8.30. The number of rotatable bonds is 6. The van der Waals surface area contributed by atoms with Crippen molar-refractivity contribution in [2.24, 2.45) is 7.05 Å². The van der Waals surface area contributed by atoms with Gasteiger partial charge in [0.15, 0.2) is 17.3 Å². The number of nitrogens with zero attached hydrogens (tertiary/aromatic N) is 4. The molecule has 0 radical (unpaired) electrons. The lowest BCUT2D eigenvalue weighted by atomic mass is 10.2. The molecular weight excluding hydrogens is 689 g/mol. The van der Waals surface area contributed by atoms with E-state index >= 15 is 0 Å². The van der Waals surface area contributed by atoms with Crippen molar-refractivity contribution in [2.45, 2.75) is 11.4 Å². The van der Waals surface area contributed by atoms with Gasteiger partial charge in [-0.3, -0.25) is 33.4 Å². The molecule has 5 heterocycles. The Hall–Kier alpha value is -4.04. The van der Waals surface area contributed by atoms with Crippen LogP contribution in [-0.4, -0.2) is 73.9 Å². The van der Waals surface area contributed by atoms with Crippen LogP contribution in [0.25, 0.3) is 11.0 Å². The van der Waals surface area contributed by atoms with Crippen LogP contribution < -0.4 is 34.7 Å². The quantitative estimate of drug-likeness (QED) is 0.271. The predicted octanol–water partition coefficient (Wildman–Crippen LogP) is 0.661. The van der Waals surface area contributed by atoms with Gasteiger partial charge in [-0.25, -0.2) is 0 Å². The highest BCUT2D eigenvalue weighted by Crippen LogP contribution is 2.52. The lowest BCUT2D eigenvalue weighted by molar-refractivity contribution is -0.138. The van der Waals surface area contributed by atoms with Crippen molar-refractivity contribution in [1.82, 2.24) is 14.0 Å². The zero-order valence-electron chi connectivity index (χ0n) is 23.3. The van der Waals surface area contributed by atoms with Gasteiger partial charge in [0.05, 0.1) is 17.3 Å². The molecule has 3 aromatic rings. The number of carbonyl (C=O) groups excluding carboxylic acids is 1. The molecule has 0 bridgehead atoms. The standard InChI is InChI=1S/C26H20N4O10S5/c1-27-20(35)15(6-13(38-3)23-29(7-16(31)32)10-4-11-12(40-9-39-11)5-14(10)42-23)43-24(27)19-22(37)30(8-17(33)34)25(44-19)18-21(36)28(2)26(41)45-18/h4-6H,7-9H2,1-3H3,(H,31,32)(H,33,34)/b15-6?,23-13-,24-19+,25-18+. The fourth-order valence-electron chi connectivity index (χ4n) is 4.60. The zero-order valence-corrected chi connectivity index (χ0v) is 27.4. The molecule has 1 fully saturated rings. The average molecular weight is 709 g/mol. The van der Waals surface area contributed by atoms with Crippen LogP contribution in [0, 0.1) is 9.20 Å². The Balaban J connectivity index is 1.57. The van der Waals surface area contributed by atoms with Gasteiger partial charge in [0.1, 0.15) is 41.2 Å². The SMILES string of the molecule is CO/C(C=c1s/c(=c2/s/c(=C3/SC(=S)N(C)C3=O)n(CC(=O)O)c2=O)n(C)c1=O)=C1\Sc2cc3c(cc2N1CC(=O)O)OCO3. The number of thiocarbonyl (C=S) groups is 1. The molecule has 1 saturated heterocycles. The van der Waals surface area contributed by atoms with E-state index in [1.165, 1.54) is 53.4 Å². The number of aromatic nitrogens is 2. The van der Waals surface area contributed by atoms with Gasteiger partial charge in [-0.2, -0.15) is 0 Å². The number of anilines is 1. The maximum absolute atomic E-state index is 13.6. The van der Waals surface area contributed by atoms with Crippen LogP contribution in [0.2, 0.25) is 0 Å². The molecule has 0 spiro atoms. The second-order valence-electron chi connectivity index (χ2n) is 9.49. The molecule has 3 aliphatic heterocycles. The van der Waals surface area contributed by atoms with Gasteiger partial charge in [0.2, 0.25) is 6.79 Å². The van der Waals surface area contributed by atoms with E-state index in [0.717, 1.165) is 39.0 Å². The summed E-state index contributed by atoms with van der Waals surface area (Å²) in [5, 5.41) is 19.6. The zero-order chi connectivity index (χ0) is 32.3. The van der Waals surface area contributed by atoms with E-state index in [0.29, 0.717) is 27.1 Å². The van der Waals surface area contributed by atoms with E-state index in [2.05, 4.69) is 0 Å². The highest BCUT2D eigenvalue weighted by Gasteiger charge is 2.34. The first kappa shape index (κ1) is 31.0. The van der Waals surface area contributed by atoms with Crippen LogP contribution in [-0.2, 0) is 32.7 Å². The topological polar surface area (TPSA) is 170 Å². The summed E-state index contributed by atoms with van der Waals surface area (Å²) in [7, 11) is 4.34. The van der Waals surface area contributed by atoms with Gasteiger partial charge < -0.3 is 33.9 Å². The number of carboxylic acids is 2. The largest absolute Gasteiger partial charge is 0.494 e. The highest BCUT2D eigenvalue weighted by atomic mass is 32.2. The number of methoxy groups -OCH3 is 1. The van der Waals surface area contributed by atoms with Crippen molar-refractivity contribution in [1.29, 1.82) is 0 Å². The number of fused-ring (bicyclic) bond motifs is 2. The number of carboxylic acid groups (broad SMARTS) is 2. The lowest BCUT2D eigenvalue weighted by Crippen LogP contribution is -2.32.